The normalized spacial score (nSPS) is 13.8. The van der Waals surface area contributed by atoms with Crippen LogP contribution >= 0.6 is 0 Å². The van der Waals surface area contributed by atoms with Crippen LogP contribution in [0.4, 0.5) is 0 Å². The molecule has 8 heteroatoms. The van der Waals surface area contributed by atoms with Crippen LogP contribution in [0, 0.1) is 13.8 Å². The van der Waals surface area contributed by atoms with Crippen molar-refractivity contribution in [1.29, 1.82) is 0 Å². The first-order chi connectivity index (χ1) is 9.72. The van der Waals surface area contributed by atoms with E-state index in [1.807, 2.05) is 13.8 Å². The van der Waals surface area contributed by atoms with Gasteiger partial charge < -0.3 is 9.05 Å². The molecule has 0 unspecified atom stereocenters. The van der Waals surface area contributed by atoms with Gasteiger partial charge >= 0.3 is 0 Å². The Labute approximate surface area is 123 Å². The van der Waals surface area contributed by atoms with E-state index < -0.39 is 15.1 Å². The first kappa shape index (κ1) is 15.7. The Morgan fingerprint density at radius 1 is 1.10 bits per heavy atom. The molecule has 21 heavy (non-hydrogen) atoms. The number of rotatable bonds is 5. The summed E-state index contributed by atoms with van der Waals surface area (Å²) >= 11 is 0. The number of aryl methyl sites for hydroxylation is 2. The molecule has 0 fully saturated rings. The summed E-state index contributed by atoms with van der Waals surface area (Å²) in [5, 5.41) is 6.70. The Bertz CT molecular complexity index is 711. The summed E-state index contributed by atoms with van der Waals surface area (Å²) in [5.41, 5.74) is 1.17. The maximum Gasteiger partial charge on any atom is 0.244 e. The van der Waals surface area contributed by atoms with Gasteiger partial charge in [-0.15, -0.1) is 0 Å². The summed E-state index contributed by atoms with van der Waals surface area (Å²) in [5.74, 6) is 1.06. The Kier molecular flexibility index (Phi) is 4.18. The standard InChI is InChI=1S/C13H19N3O4S/c1-7(2)12-14-13(20-16-12)10(5)21(17,18)6-11-8(3)15-19-9(11)4/h7,10H,6H2,1-5H3/t10-/m1/s1. The minimum atomic E-state index is -3.49. The number of aromatic nitrogens is 3. The predicted molar refractivity (Wildman–Crippen MR) is 75.4 cm³/mol. The topological polar surface area (TPSA) is 99.1 Å². The number of hydrogen-bond acceptors (Lipinski definition) is 7. The molecule has 2 aromatic heterocycles. The molecule has 0 aliphatic carbocycles. The fourth-order valence-electron chi connectivity index (χ4n) is 1.83. The van der Waals surface area contributed by atoms with Crippen molar-refractivity contribution in [2.45, 2.75) is 51.5 Å². The van der Waals surface area contributed by atoms with E-state index in [9.17, 15) is 8.42 Å². The first-order valence-corrected chi connectivity index (χ1v) is 8.40. The lowest BCUT2D eigenvalue weighted by Gasteiger charge is -2.08. The minimum Gasteiger partial charge on any atom is -0.361 e. The van der Waals surface area contributed by atoms with Crippen LogP contribution in [0.2, 0.25) is 0 Å². The fraction of sp³-hybridized carbons (Fsp3) is 0.615. The second kappa shape index (κ2) is 5.59. The Hall–Kier alpha value is -1.70. The van der Waals surface area contributed by atoms with E-state index in [-0.39, 0.29) is 17.6 Å². The van der Waals surface area contributed by atoms with Gasteiger partial charge in [0.1, 0.15) is 11.0 Å². The monoisotopic (exact) mass is 313 g/mol. The lowest BCUT2D eigenvalue weighted by molar-refractivity contribution is 0.369. The summed E-state index contributed by atoms with van der Waals surface area (Å²) in [4.78, 5) is 4.15. The largest absolute Gasteiger partial charge is 0.361 e. The molecule has 0 saturated carbocycles. The fourth-order valence-corrected chi connectivity index (χ4v) is 3.30. The molecule has 2 heterocycles. The highest BCUT2D eigenvalue weighted by Crippen LogP contribution is 2.27. The SMILES string of the molecule is Cc1noc(C)c1CS(=O)(=O)[C@H](C)c1nc(C(C)C)no1. The molecule has 0 amide bonds. The van der Waals surface area contributed by atoms with Gasteiger partial charge in [0.15, 0.2) is 15.7 Å². The molecule has 0 aromatic carbocycles. The second-order valence-corrected chi connectivity index (χ2v) is 7.72. The van der Waals surface area contributed by atoms with Crippen molar-refractivity contribution in [3.8, 4) is 0 Å². The summed E-state index contributed by atoms with van der Waals surface area (Å²) in [6.07, 6.45) is 0. The third-order valence-corrected chi connectivity index (χ3v) is 5.36. The van der Waals surface area contributed by atoms with Gasteiger partial charge in [0.05, 0.1) is 11.4 Å². The lowest BCUT2D eigenvalue weighted by atomic mass is 10.2. The van der Waals surface area contributed by atoms with Gasteiger partial charge in [0.25, 0.3) is 0 Å². The third-order valence-electron chi connectivity index (χ3n) is 3.39. The van der Waals surface area contributed by atoms with Crippen molar-refractivity contribution in [2.75, 3.05) is 0 Å². The number of hydrogen-bond donors (Lipinski definition) is 0. The summed E-state index contributed by atoms with van der Waals surface area (Å²) in [6.45, 7) is 8.79. The molecule has 116 valence electrons. The quantitative estimate of drug-likeness (QED) is 0.836. The van der Waals surface area contributed by atoms with Crippen LogP contribution in [-0.4, -0.2) is 23.7 Å². The lowest BCUT2D eigenvalue weighted by Crippen LogP contribution is -2.14. The van der Waals surface area contributed by atoms with Crippen molar-refractivity contribution in [3.05, 3.63) is 28.7 Å². The molecular weight excluding hydrogens is 294 g/mol. The van der Waals surface area contributed by atoms with Crippen LogP contribution in [0.5, 0.6) is 0 Å². The highest BCUT2D eigenvalue weighted by molar-refractivity contribution is 7.90. The molecule has 0 spiro atoms. The van der Waals surface area contributed by atoms with E-state index in [0.29, 0.717) is 22.8 Å². The van der Waals surface area contributed by atoms with Crippen LogP contribution in [0.15, 0.2) is 9.05 Å². The average molecular weight is 313 g/mol. The van der Waals surface area contributed by atoms with Crippen molar-refractivity contribution < 1.29 is 17.5 Å². The van der Waals surface area contributed by atoms with Crippen molar-refractivity contribution in [1.82, 2.24) is 15.3 Å². The molecule has 0 bridgehead atoms. The van der Waals surface area contributed by atoms with Gasteiger partial charge in [-0.2, -0.15) is 4.98 Å². The minimum absolute atomic E-state index is 0.0833. The second-order valence-electron chi connectivity index (χ2n) is 5.40. The van der Waals surface area contributed by atoms with Gasteiger partial charge in [-0.1, -0.05) is 24.2 Å². The van der Waals surface area contributed by atoms with E-state index in [4.69, 9.17) is 9.05 Å². The summed E-state index contributed by atoms with van der Waals surface area (Å²) < 4.78 is 35.0. The molecule has 0 aliphatic rings. The first-order valence-electron chi connectivity index (χ1n) is 6.69. The molecule has 7 nitrogen and oxygen atoms in total. The van der Waals surface area contributed by atoms with Crippen LogP contribution in [0.1, 0.15) is 60.7 Å². The zero-order valence-electron chi connectivity index (χ0n) is 12.7. The van der Waals surface area contributed by atoms with E-state index in [1.165, 1.54) is 0 Å². The smallest absolute Gasteiger partial charge is 0.244 e. The molecule has 0 radical (unpaired) electrons. The van der Waals surface area contributed by atoms with Gasteiger partial charge in [-0.05, 0) is 20.8 Å². The molecule has 1 atom stereocenters. The number of nitrogens with zero attached hydrogens (tertiary/aromatic N) is 3. The van der Waals surface area contributed by atoms with E-state index >= 15 is 0 Å². The Morgan fingerprint density at radius 3 is 2.24 bits per heavy atom. The van der Waals surface area contributed by atoms with Gasteiger partial charge in [-0.3, -0.25) is 0 Å². The Balaban J connectivity index is 2.26. The van der Waals surface area contributed by atoms with Crippen LogP contribution in [0.25, 0.3) is 0 Å². The van der Waals surface area contributed by atoms with Crippen LogP contribution in [0.3, 0.4) is 0 Å². The zero-order valence-corrected chi connectivity index (χ0v) is 13.6. The third kappa shape index (κ3) is 3.15. The van der Waals surface area contributed by atoms with E-state index in [0.717, 1.165) is 0 Å². The van der Waals surface area contributed by atoms with Crippen LogP contribution < -0.4 is 0 Å². The maximum absolute atomic E-state index is 12.5. The zero-order chi connectivity index (χ0) is 15.8. The predicted octanol–water partition coefficient (Wildman–Crippen LogP) is 2.47. The molecule has 2 aromatic rings. The Morgan fingerprint density at radius 2 is 1.76 bits per heavy atom. The summed E-state index contributed by atoms with van der Waals surface area (Å²) in [7, 11) is -3.49. The highest BCUT2D eigenvalue weighted by Gasteiger charge is 2.30. The average Bonchev–Trinajstić information content (AvgIpc) is 3.00. The summed E-state index contributed by atoms with van der Waals surface area (Å²) in [6, 6.07) is 0. The van der Waals surface area contributed by atoms with E-state index in [1.54, 1.807) is 20.8 Å². The molecule has 0 N–H and O–H groups in total. The van der Waals surface area contributed by atoms with Gasteiger partial charge in [0, 0.05) is 11.5 Å². The van der Waals surface area contributed by atoms with E-state index in [2.05, 4.69) is 15.3 Å². The molecule has 0 aliphatic heterocycles. The molecular formula is C13H19N3O4S. The molecule has 0 saturated heterocycles. The van der Waals surface area contributed by atoms with Gasteiger partial charge in [-0.25, -0.2) is 8.42 Å². The maximum atomic E-state index is 12.5. The van der Waals surface area contributed by atoms with Crippen molar-refractivity contribution >= 4 is 9.84 Å². The van der Waals surface area contributed by atoms with Crippen LogP contribution in [-0.2, 0) is 15.6 Å². The highest BCUT2D eigenvalue weighted by atomic mass is 32.2. The number of sulfone groups is 1. The van der Waals surface area contributed by atoms with Gasteiger partial charge in [0.2, 0.25) is 5.89 Å². The molecule has 2 rings (SSSR count). The van der Waals surface area contributed by atoms with Crippen molar-refractivity contribution in [2.24, 2.45) is 0 Å². The van der Waals surface area contributed by atoms with Crippen molar-refractivity contribution in [3.63, 3.8) is 0 Å².